The fourth-order valence-corrected chi connectivity index (χ4v) is 11.1. The van der Waals surface area contributed by atoms with E-state index in [0.29, 0.717) is 50.6 Å². The molecule has 0 amide bonds. The number of phenols is 2. The van der Waals surface area contributed by atoms with Crippen LogP contribution in [-0.4, -0.2) is 102 Å². The molecule has 326 valence electrons. The molecule has 2 aromatic carbocycles. The molecule has 2 fully saturated rings. The summed E-state index contributed by atoms with van der Waals surface area (Å²) in [7, 11) is 0. The number of allylic oxidation sites excluding steroid dienone is 3. The Morgan fingerprint density at radius 1 is 0.754 bits per heavy atom. The SMILES string of the molecule is CC(=O)O[C@H]1CC[C@@]2(C)C(=CC[C@@H]3[C@@H]2CC[C@]2(C)C(c4cccnc4)=CC[C@@H]32)C1.O=C1c2c(O)ccc(O)c2C(=O)c2c(NCCNCCO)ccc(NCCNCCO)c21. The summed E-state index contributed by atoms with van der Waals surface area (Å²) in [6.45, 7) is 9.36. The minimum absolute atomic E-state index is 0.00939. The van der Waals surface area contributed by atoms with E-state index in [1.165, 1.54) is 55.9 Å². The highest BCUT2D eigenvalue weighted by atomic mass is 16.5. The zero-order chi connectivity index (χ0) is 43.3. The average Bonchev–Trinajstić information content (AvgIpc) is 3.61. The van der Waals surface area contributed by atoms with Gasteiger partial charge in [-0.2, -0.15) is 0 Å². The van der Waals surface area contributed by atoms with Crippen LogP contribution < -0.4 is 21.3 Å². The first kappa shape index (κ1) is 44.0. The van der Waals surface area contributed by atoms with Gasteiger partial charge in [-0.15, -0.1) is 0 Å². The van der Waals surface area contributed by atoms with E-state index >= 15 is 0 Å². The van der Waals surface area contributed by atoms with Crippen molar-refractivity contribution in [2.24, 2.45) is 28.6 Å². The van der Waals surface area contributed by atoms with E-state index in [-0.39, 0.29) is 69.9 Å². The Hall–Kier alpha value is -5.08. The fraction of sp³-hybridized carbons (Fsp3) is 0.500. The molecule has 0 saturated heterocycles. The van der Waals surface area contributed by atoms with Gasteiger partial charge in [-0.25, -0.2) is 0 Å². The number of ether oxygens (including phenoxy) is 1. The van der Waals surface area contributed by atoms with E-state index in [9.17, 15) is 24.6 Å². The summed E-state index contributed by atoms with van der Waals surface area (Å²) in [5.41, 5.74) is 5.66. The molecule has 1 aromatic heterocycles. The van der Waals surface area contributed by atoms with Crippen LogP contribution in [0.1, 0.15) is 103 Å². The Labute approximate surface area is 358 Å². The van der Waals surface area contributed by atoms with Crippen LogP contribution >= 0.6 is 0 Å². The predicted octanol–water partition coefficient (Wildman–Crippen LogP) is 5.83. The summed E-state index contributed by atoms with van der Waals surface area (Å²) in [5, 5.41) is 50.6. The van der Waals surface area contributed by atoms with Crippen molar-refractivity contribution in [1.82, 2.24) is 15.6 Å². The molecule has 2 saturated carbocycles. The van der Waals surface area contributed by atoms with Crippen LogP contribution in [0.3, 0.4) is 0 Å². The van der Waals surface area contributed by atoms with Gasteiger partial charge in [0.05, 0.1) is 35.5 Å². The molecule has 61 heavy (non-hydrogen) atoms. The van der Waals surface area contributed by atoms with Crippen molar-refractivity contribution >= 4 is 34.5 Å². The summed E-state index contributed by atoms with van der Waals surface area (Å²) in [5.74, 6) is 0.261. The average molecular weight is 836 g/mol. The van der Waals surface area contributed by atoms with Gasteiger partial charge < -0.3 is 46.4 Å². The number of rotatable bonds is 14. The summed E-state index contributed by atoms with van der Waals surface area (Å²) in [6, 6.07) is 10.0. The van der Waals surface area contributed by atoms with E-state index in [1.54, 1.807) is 17.7 Å². The molecule has 0 radical (unpaired) electrons. The third kappa shape index (κ3) is 8.71. The maximum Gasteiger partial charge on any atom is 0.302 e. The fourth-order valence-electron chi connectivity index (χ4n) is 11.1. The summed E-state index contributed by atoms with van der Waals surface area (Å²) < 4.78 is 5.58. The van der Waals surface area contributed by atoms with Gasteiger partial charge in [-0.1, -0.05) is 37.6 Å². The largest absolute Gasteiger partial charge is 0.507 e. The number of aliphatic hydroxyl groups is 2. The van der Waals surface area contributed by atoms with Gasteiger partial charge in [0.1, 0.15) is 17.6 Å². The van der Waals surface area contributed by atoms with Crippen molar-refractivity contribution in [1.29, 1.82) is 0 Å². The van der Waals surface area contributed by atoms with Crippen LogP contribution in [0.4, 0.5) is 11.4 Å². The number of aromatic hydroxyl groups is 2. The minimum atomic E-state index is -0.559. The lowest BCUT2D eigenvalue weighted by Crippen LogP contribution is -2.50. The zero-order valence-corrected chi connectivity index (χ0v) is 35.6. The number of hydrogen-bond donors (Lipinski definition) is 8. The van der Waals surface area contributed by atoms with E-state index in [2.05, 4.69) is 64.4 Å². The first-order chi connectivity index (χ1) is 29.4. The third-order valence-corrected chi connectivity index (χ3v) is 14.0. The normalized spacial score (nSPS) is 25.9. The first-order valence-electron chi connectivity index (χ1n) is 21.8. The van der Waals surface area contributed by atoms with Gasteiger partial charge in [0.25, 0.3) is 0 Å². The molecule has 8 N–H and O–H groups in total. The highest BCUT2D eigenvalue weighted by Crippen LogP contribution is 2.66. The molecule has 0 aliphatic heterocycles. The molecule has 5 aliphatic carbocycles. The number of hydrogen-bond acceptors (Lipinski definition) is 13. The summed E-state index contributed by atoms with van der Waals surface area (Å²) in [4.78, 5) is 42.6. The molecule has 1 heterocycles. The number of nitrogens with zero attached hydrogens (tertiary/aromatic N) is 1. The van der Waals surface area contributed by atoms with Crippen molar-refractivity contribution in [3.05, 3.63) is 94.3 Å². The smallest absolute Gasteiger partial charge is 0.302 e. The van der Waals surface area contributed by atoms with Gasteiger partial charge in [0.15, 0.2) is 0 Å². The maximum absolute atomic E-state index is 13.4. The molecule has 13 heteroatoms. The van der Waals surface area contributed by atoms with Crippen molar-refractivity contribution in [3.63, 3.8) is 0 Å². The van der Waals surface area contributed by atoms with Gasteiger partial charge in [0.2, 0.25) is 11.6 Å². The van der Waals surface area contributed by atoms with Crippen LogP contribution in [0.15, 0.2) is 66.5 Å². The van der Waals surface area contributed by atoms with Gasteiger partial charge >= 0.3 is 5.97 Å². The Bertz CT molecular complexity index is 2100. The van der Waals surface area contributed by atoms with Crippen LogP contribution in [0.25, 0.3) is 5.57 Å². The predicted molar refractivity (Wildman–Crippen MR) is 235 cm³/mol. The molecular formula is C48H61N5O8. The number of ketones is 2. The van der Waals surface area contributed by atoms with E-state index in [0.717, 1.165) is 37.0 Å². The van der Waals surface area contributed by atoms with Crippen molar-refractivity contribution < 1.29 is 39.5 Å². The monoisotopic (exact) mass is 835 g/mol. The van der Waals surface area contributed by atoms with Gasteiger partial charge in [-0.05, 0) is 109 Å². The molecule has 0 spiro atoms. The van der Waals surface area contributed by atoms with Gasteiger partial charge in [-0.3, -0.25) is 19.4 Å². The van der Waals surface area contributed by atoms with Gasteiger partial charge in [0, 0.05) is 76.4 Å². The van der Waals surface area contributed by atoms with E-state index in [4.69, 9.17) is 14.9 Å². The zero-order valence-electron chi connectivity index (χ0n) is 35.6. The molecule has 13 nitrogen and oxygen atoms in total. The molecule has 0 unspecified atom stereocenters. The molecule has 8 rings (SSSR count). The van der Waals surface area contributed by atoms with E-state index < -0.39 is 11.6 Å². The second kappa shape index (κ2) is 18.9. The maximum atomic E-state index is 13.4. The summed E-state index contributed by atoms with van der Waals surface area (Å²) in [6.07, 6.45) is 17.1. The quantitative estimate of drug-likeness (QED) is 0.0327. The van der Waals surface area contributed by atoms with Crippen molar-refractivity contribution in [2.75, 3.05) is 63.1 Å². The second-order valence-corrected chi connectivity index (χ2v) is 17.5. The molecule has 5 aliphatic rings. The Balaban J connectivity index is 0.000000185. The number of fused-ring (bicyclic) bond motifs is 7. The summed E-state index contributed by atoms with van der Waals surface area (Å²) >= 11 is 0. The van der Waals surface area contributed by atoms with E-state index in [1.807, 2.05) is 12.4 Å². The Morgan fingerprint density at radius 2 is 1.36 bits per heavy atom. The Morgan fingerprint density at radius 3 is 1.92 bits per heavy atom. The number of pyridine rings is 1. The number of aromatic nitrogens is 1. The number of esters is 1. The number of aliphatic hydroxyl groups excluding tert-OH is 2. The standard InChI is InChI=1S/C26H33NO2.C22H28N4O6/c1-17(28)29-20-10-12-25(2)19(15-20)6-7-21-23-9-8-22(18-5-4-14-27-16-18)26(23,3)13-11-24(21)25;27-11-9-23-5-7-25-13-1-2-14(26-8-6-24-10-12-28)18-17(13)21(31)19-15(29)3-4-16(30)20(19)22(18)32/h4-6,8,14,16,20-21,23-24H,7,9-13,15H2,1-3H3;1-4,23-30H,5-12H2/t20-,21-,23-,24-,25-,26+;/m0./s1. The number of anilines is 2. The number of nitrogens with one attached hydrogen (secondary N) is 4. The number of benzene rings is 2. The second-order valence-electron chi connectivity index (χ2n) is 17.5. The van der Waals surface area contributed by atoms with Crippen LogP contribution in [0.2, 0.25) is 0 Å². The Kier molecular flexibility index (Phi) is 13.6. The lowest BCUT2D eigenvalue weighted by Gasteiger charge is -2.57. The number of carbonyl (C=O) groups is 3. The highest BCUT2D eigenvalue weighted by molar-refractivity contribution is 6.33. The van der Waals surface area contributed by atoms with Crippen molar-refractivity contribution in [2.45, 2.75) is 71.8 Å². The highest BCUT2D eigenvalue weighted by Gasteiger charge is 2.57. The lowest BCUT2D eigenvalue weighted by atomic mass is 9.47. The number of carbonyl (C=O) groups excluding carboxylic acids is 3. The lowest BCUT2D eigenvalue weighted by molar-refractivity contribution is -0.148. The minimum Gasteiger partial charge on any atom is -0.507 e. The van der Waals surface area contributed by atoms with Crippen LogP contribution in [0, 0.1) is 28.6 Å². The molecule has 3 aromatic rings. The van der Waals surface area contributed by atoms with Crippen molar-refractivity contribution in [3.8, 4) is 11.5 Å². The van der Waals surface area contributed by atoms with Crippen LogP contribution in [-0.2, 0) is 9.53 Å². The molecule has 6 atom stereocenters. The molecule has 0 bridgehead atoms. The first-order valence-corrected chi connectivity index (χ1v) is 21.8. The molecular weight excluding hydrogens is 775 g/mol. The topological polar surface area (TPSA) is 202 Å². The number of phenolic OH excluding ortho intramolecular Hbond substituents is 2. The van der Waals surface area contributed by atoms with Crippen LogP contribution in [0.5, 0.6) is 11.5 Å². The third-order valence-electron chi connectivity index (χ3n) is 14.0.